The summed E-state index contributed by atoms with van der Waals surface area (Å²) in [5.74, 6) is -1.44. The Hall–Kier alpha value is -3.26. The Morgan fingerprint density at radius 3 is 2.25 bits per heavy atom. The molecule has 0 bridgehead atoms. The van der Waals surface area contributed by atoms with Crippen LogP contribution >= 0.6 is 12.2 Å². The van der Waals surface area contributed by atoms with E-state index in [0.717, 1.165) is 0 Å². The van der Waals surface area contributed by atoms with E-state index in [2.05, 4.69) is 10.6 Å². The fraction of sp³-hybridized carbons (Fsp3) is 0. The molecule has 1 fully saturated rings. The molecule has 120 valence electrons. The summed E-state index contributed by atoms with van der Waals surface area (Å²) in [4.78, 5) is 34.4. The Morgan fingerprint density at radius 2 is 1.67 bits per heavy atom. The number of hydrogen-bond donors (Lipinski definition) is 3. The molecule has 0 spiro atoms. The molecule has 1 aromatic heterocycles. The number of carbonyl (C=O) groups is 3. The molecule has 1 aliphatic heterocycles. The van der Waals surface area contributed by atoms with E-state index in [-0.39, 0.29) is 16.2 Å². The van der Waals surface area contributed by atoms with Crippen LogP contribution in [-0.4, -0.2) is 28.0 Å². The summed E-state index contributed by atoms with van der Waals surface area (Å²) in [5.41, 5.74) is 0.716. The van der Waals surface area contributed by atoms with Gasteiger partial charge in [-0.15, -0.1) is 0 Å². The van der Waals surface area contributed by atoms with Crippen molar-refractivity contribution in [3.05, 3.63) is 53.3 Å². The van der Waals surface area contributed by atoms with Crippen LogP contribution in [0.15, 0.2) is 46.4 Å². The number of nitrogens with one attached hydrogen (secondary N) is 2. The first-order chi connectivity index (χ1) is 11.4. The van der Waals surface area contributed by atoms with E-state index in [1.54, 1.807) is 24.3 Å². The molecule has 2 amide bonds. The van der Waals surface area contributed by atoms with Gasteiger partial charge in [-0.25, -0.2) is 4.79 Å². The van der Waals surface area contributed by atoms with E-state index in [0.29, 0.717) is 17.1 Å². The molecule has 7 nitrogen and oxygen atoms in total. The van der Waals surface area contributed by atoms with Gasteiger partial charge in [0, 0.05) is 5.56 Å². The number of hydrogen-bond acceptors (Lipinski definition) is 5. The first-order valence-corrected chi connectivity index (χ1v) is 7.17. The lowest BCUT2D eigenvalue weighted by molar-refractivity contribution is -0.123. The third kappa shape index (κ3) is 3.08. The minimum Gasteiger partial charge on any atom is -0.478 e. The molecule has 0 aliphatic carbocycles. The number of rotatable bonds is 3. The van der Waals surface area contributed by atoms with Gasteiger partial charge >= 0.3 is 5.97 Å². The summed E-state index contributed by atoms with van der Waals surface area (Å²) >= 11 is 4.72. The monoisotopic (exact) mass is 342 g/mol. The zero-order chi connectivity index (χ0) is 17.3. The van der Waals surface area contributed by atoms with Crippen LogP contribution in [-0.2, 0) is 9.59 Å². The van der Waals surface area contributed by atoms with Gasteiger partial charge in [-0.3, -0.25) is 20.2 Å². The van der Waals surface area contributed by atoms with Crippen molar-refractivity contribution in [1.29, 1.82) is 0 Å². The van der Waals surface area contributed by atoms with Gasteiger partial charge in [0.25, 0.3) is 11.8 Å². The van der Waals surface area contributed by atoms with Gasteiger partial charge in [0.15, 0.2) is 5.11 Å². The first-order valence-electron chi connectivity index (χ1n) is 6.76. The van der Waals surface area contributed by atoms with Crippen LogP contribution in [0, 0.1) is 0 Å². The van der Waals surface area contributed by atoms with Crippen molar-refractivity contribution in [2.24, 2.45) is 0 Å². The lowest BCUT2D eigenvalue weighted by atomic mass is 10.1. The average Bonchev–Trinajstić information content (AvgIpc) is 2.99. The number of aromatic carboxylic acids is 1. The van der Waals surface area contributed by atoms with Gasteiger partial charge in [0.05, 0.1) is 5.56 Å². The largest absolute Gasteiger partial charge is 0.478 e. The van der Waals surface area contributed by atoms with Gasteiger partial charge in [-0.1, -0.05) is 12.1 Å². The maximum Gasteiger partial charge on any atom is 0.335 e. The summed E-state index contributed by atoms with van der Waals surface area (Å²) in [5, 5.41) is 13.5. The number of carboxylic acid groups (broad SMARTS) is 1. The minimum absolute atomic E-state index is 0.0409. The molecule has 3 rings (SSSR count). The maximum atomic E-state index is 11.8. The molecule has 0 saturated carbocycles. The molecule has 2 heterocycles. The highest BCUT2D eigenvalue weighted by Crippen LogP contribution is 2.24. The molecule has 0 unspecified atom stereocenters. The maximum absolute atomic E-state index is 11.8. The van der Waals surface area contributed by atoms with Crippen molar-refractivity contribution in [3.63, 3.8) is 0 Å². The van der Waals surface area contributed by atoms with E-state index in [1.807, 2.05) is 0 Å². The number of amides is 2. The Morgan fingerprint density at radius 1 is 1.04 bits per heavy atom. The summed E-state index contributed by atoms with van der Waals surface area (Å²) in [6.07, 6.45) is 1.31. The predicted octanol–water partition coefficient (Wildman–Crippen LogP) is 1.56. The molecule has 2 aromatic rings. The zero-order valence-electron chi connectivity index (χ0n) is 12.0. The first kappa shape index (κ1) is 15.6. The summed E-state index contributed by atoms with van der Waals surface area (Å²) in [6, 6.07) is 9.39. The quantitative estimate of drug-likeness (QED) is 0.444. The van der Waals surface area contributed by atoms with Gasteiger partial charge in [0.2, 0.25) is 0 Å². The summed E-state index contributed by atoms with van der Waals surface area (Å²) < 4.78 is 5.58. The van der Waals surface area contributed by atoms with Crippen molar-refractivity contribution < 1.29 is 23.9 Å². The average molecular weight is 342 g/mol. The number of thiocarbonyl (C=S) groups is 1. The molecule has 1 saturated heterocycles. The van der Waals surface area contributed by atoms with Crippen molar-refractivity contribution >= 4 is 41.2 Å². The molecule has 1 aliphatic rings. The predicted molar refractivity (Wildman–Crippen MR) is 88.0 cm³/mol. The SMILES string of the molecule is O=C1NC(=S)NC(=O)C1=Cc1ccc(-c2ccc(C(=O)O)cc2)o1. The van der Waals surface area contributed by atoms with E-state index >= 15 is 0 Å². The fourth-order valence-electron chi connectivity index (χ4n) is 2.11. The van der Waals surface area contributed by atoms with Crippen molar-refractivity contribution in [1.82, 2.24) is 10.6 Å². The molecule has 3 N–H and O–H groups in total. The van der Waals surface area contributed by atoms with Crippen LogP contribution in [0.1, 0.15) is 16.1 Å². The lowest BCUT2D eigenvalue weighted by Crippen LogP contribution is -2.51. The third-order valence-corrected chi connectivity index (χ3v) is 3.48. The van der Waals surface area contributed by atoms with E-state index < -0.39 is 17.8 Å². The van der Waals surface area contributed by atoms with Crippen LogP contribution in [0.5, 0.6) is 0 Å². The van der Waals surface area contributed by atoms with E-state index in [4.69, 9.17) is 21.7 Å². The van der Waals surface area contributed by atoms with Crippen LogP contribution in [0.2, 0.25) is 0 Å². The van der Waals surface area contributed by atoms with E-state index in [1.165, 1.54) is 18.2 Å². The Kier molecular flexibility index (Phi) is 3.97. The second-order valence-corrected chi connectivity index (χ2v) is 5.29. The smallest absolute Gasteiger partial charge is 0.335 e. The highest BCUT2D eigenvalue weighted by Gasteiger charge is 2.26. The van der Waals surface area contributed by atoms with Crippen LogP contribution in [0.3, 0.4) is 0 Å². The summed E-state index contributed by atoms with van der Waals surface area (Å²) in [7, 11) is 0. The fourth-order valence-corrected chi connectivity index (χ4v) is 2.30. The van der Waals surface area contributed by atoms with Crippen molar-refractivity contribution in [2.45, 2.75) is 0 Å². The van der Waals surface area contributed by atoms with Crippen molar-refractivity contribution in [3.8, 4) is 11.3 Å². The number of carboxylic acids is 1. The van der Waals surface area contributed by atoms with Crippen LogP contribution in [0.25, 0.3) is 17.4 Å². The van der Waals surface area contributed by atoms with Gasteiger partial charge in [-0.2, -0.15) is 0 Å². The highest BCUT2D eigenvalue weighted by molar-refractivity contribution is 7.80. The Bertz CT molecular complexity index is 873. The second-order valence-electron chi connectivity index (χ2n) is 4.88. The van der Waals surface area contributed by atoms with Gasteiger partial charge in [-0.05, 0) is 42.6 Å². The third-order valence-electron chi connectivity index (χ3n) is 3.27. The van der Waals surface area contributed by atoms with Gasteiger partial charge < -0.3 is 9.52 Å². The Labute approximate surface area is 141 Å². The molecular formula is C16H10N2O5S. The molecule has 0 radical (unpaired) electrons. The molecular weight excluding hydrogens is 332 g/mol. The van der Waals surface area contributed by atoms with Crippen LogP contribution in [0.4, 0.5) is 0 Å². The topological polar surface area (TPSA) is 109 Å². The standard InChI is InChI=1S/C16H10N2O5S/c19-13-11(14(20)18-16(24)17-13)7-10-5-6-12(23-10)8-1-3-9(4-2-8)15(21)22/h1-7H,(H,21,22)(H2,17,18,19,20,24). The number of carbonyl (C=O) groups excluding carboxylic acids is 2. The Balaban J connectivity index is 1.86. The number of furan rings is 1. The normalized spacial score (nSPS) is 14.2. The van der Waals surface area contributed by atoms with Crippen LogP contribution < -0.4 is 10.6 Å². The zero-order valence-corrected chi connectivity index (χ0v) is 12.8. The molecule has 1 aromatic carbocycles. The second kappa shape index (κ2) is 6.09. The van der Waals surface area contributed by atoms with E-state index in [9.17, 15) is 14.4 Å². The molecule has 24 heavy (non-hydrogen) atoms. The number of benzene rings is 1. The minimum atomic E-state index is -1.02. The highest BCUT2D eigenvalue weighted by atomic mass is 32.1. The molecule has 8 heteroatoms. The van der Waals surface area contributed by atoms with Crippen molar-refractivity contribution in [2.75, 3.05) is 0 Å². The lowest BCUT2D eigenvalue weighted by Gasteiger charge is -2.15. The molecule has 0 atom stereocenters. The van der Waals surface area contributed by atoms with Gasteiger partial charge in [0.1, 0.15) is 17.1 Å². The summed E-state index contributed by atoms with van der Waals surface area (Å²) in [6.45, 7) is 0.